The van der Waals surface area contributed by atoms with Crippen molar-refractivity contribution < 1.29 is 19.1 Å². The van der Waals surface area contributed by atoms with Crippen LogP contribution in [-0.2, 0) is 14.3 Å². The van der Waals surface area contributed by atoms with Gasteiger partial charge in [0.15, 0.2) is 0 Å². The van der Waals surface area contributed by atoms with E-state index in [1.807, 2.05) is 25.1 Å². The van der Waals surface area contributed by atoms with E-state index < -0.39 is 0 Å². The Morgan fingerprint density at radius 2 is 2.05 bits per heavy atom. The molecule has 0 spiro atoms. The molecule has 0 aliphatic heterocycles. The molecule has 1 unspecified atom stereocenters. The van der Waals surface area contributed by atoms with Gasteiger partial charge in [0.1, 0.15) is 5.75 Å². The number of hydrogen-bond acceptors (Lipinski definition) is 5. The average Bonchev–Trinajstić information content (AvgIpc) is 2.48. The highest BCUT2D eigenvalue weighted by Crippen LogP contribution is 2.23. The van der Waals surface area contributed by atoms with Gasteiger partial charge < -0.3 is 14.8 Å². The third-order valence-electron chi connectivity index (χ3n) is 2.67. The van der Waals surface area contributed by atoms with E-state index in [4.69, 9.17) is 4.74 Å². The lowest BCUT2D eigenvalue weighted by Crippen LogP contribution is -2.18. The van der Waals surface area contributed by atoms with Crippen LogP contribution >= 0.6 is 11.8 Å². The molecule has 6 heteroatoms. The summed E-state index contributed by atoms with van der Waals surface area (Å²) in [5.41, 5.74) is 0.658. The molecule has 116 valence electrons. The second-order valence-corrected chi connectivity index (χ2v) is 5.45. The van der Waals surface area contributed by atoms with Crippen LogP contribution < -0.4 is 10.1 Å². The maximum Gasteiger partial charge on any atom is 0.309 e. The molecule has 0 aliphatic carbocycles. The summed E-state index contributed by atoms with van der Waals surface area (Å²) >= 11 is 1.40. The summed E-state index contributed by atoms with van der Waals surface area (Å²) in [5, 5.41) is 2.81. The molecule has 0 saturated heterocycles. The number of carbonyl (C=O) groups excluding carboxylic acids is 2. The highest BCUT2D eigenvalue weighted by molar-refractivity contribution is 8.00. The number of anilines is 1. The normalized spacial score (nSPS) is 11.6. The Bertz CT molecular complexity index is 478. The van der Waals surface area contributed by atoms with Crippen molar-refractivity contribution in [2.75, 3.05) is 30.5 Å². The number of hydrogen-bond donors (Lipinski definition) is 1. The predicted octanol–water partition coefficient (Wildman–Crippen LogP) is 2.57. The van der Waals surface area contributed by atoms with Gasteiger partial charge in [0.2, 0.25) is 5.91 Å². The van der Waals surface area contributed by atoms with E-state index in [-0.39, 0.29) is 23.5 Å². The molecular formula is C15H21NO4S. The number of rotatable bonds is 8. The van der Waals surface area contributed by atoms with E-state index in [2.05, 4.69) is 10.1 Å². The molecule has 1 amide bonds. The second kappa shape index (κ2) is 9.28. The first-order chi connectivity index (χ1) is 10.1. The molecule has 0 aliphatic rings. The van der Waals surface area contributed by atoms with Crippen molar-refractivity contribution in [2.45, 2.75) is 13.8 Å². The molecule has 1 atom stereocenters. The van der Waals surface area contributed by atoms with Crippen LogP contribution in [0.4, 0.5) is 5.69 Å². The minimum Gasteiger partial charge on any atom is -0.492 e. The second-order valence-electron chi connectivity index (χ2n) is 4.42. The van der Waals surface area contributed by atoms with E-state index in [1.54, 1.807) is 13.0 Å². The molecular weight excluding hydrogens is 290 g/mol. The standard InChI is InChI=1S/C15H21NO4S/c1-4-20-13-8-6-5-7-12(13)16-14(17)10-21-9-11(2)15(18)19-3/h5-8,11H,4,9-10H2,1-3H3,(H,16,17). The van der Waals surface area contributed by atoms with E-state index in [1.165, 1.54) is 18.9 Å². The quantitative estimate of drug-likeness (QED) is 0.748. The number of esters is 1. The zero-order valence-electron chi connectivity index (χ0n) is 12.5. The van der Waals surface area contributed by atoms with Crippen molar-refractivity contribution in [2.24, 2.45) is 5.92 Å². The Hall–Kier alpha value is -1.69. The molecule has 5 nitrogen and oxygen atoms in total. The number of amides is 1. The predicted molar refractivity (Wildman–Crippen MR) is 84.7 cm³/mol. The number of thioether (sulfide) groups is 1. The minimum absolute atomic E-state index is 0.121. The highest BCUT2D eigenvalue weighted by atomic mass is 32.2. The molecule has 1 N–H and O–H groups in total. The van der Waals surface area contributed by atoms with Gasteiger partial charge in [-0.15, -0.1) is 0 Å². The minimum atomic E-state index is -0.260. The third kappa shape index (κ3) is 6.08. The first kappa shape index (κ1) is 17.4. The van der Waals surface area contributed by atoms with Gasteiger partial charge in [-0.25, -0.2) is 0 Å². The Labute approximate surface area is 129 Å². The lowest BCUT2D eigenvalue weighted by Gasteiger charge is -2.12. The maximum absolute atomic E-state index is 11.9. The highest BCUT2D eigenvalue weighted by Gasteiger charge is 2.14. The zero-order chi connectivity index (χ0) is 15.7. The van der Waals surface area contributed by atoms with Gasteiger partial charge >= 0.3 is 5.97 Å². The molecule has 0 saturated carbocycles. The summed E-state index contributed by atoms with van der Waals surface area (Å²) < 4.78 is 10.1. The summed E-state index contributed by atoms with van der Waals surface area (Å²) in [6.45, 7) is 4.21. The molecule has 1 rings (SSSR count). The van der Waals surface area contributed by atoms with Gasteiger partial charge in [0.25, 0.3) is 0 Å². The van der Waals surface area contributed by atoms with Crippen molar-refractivity contribution in [1.82, 2.24) is 0 Å². The van der Waals surface area contributed by atoms with Crippen molar-refractivity contribution in [1.29, 1.82) is 0 Å². The molecule has 0 radical (unpaired) electrons. The molecule has 0 fully saturated rings. The molecule has 1 aromatic rings. The number of methoxy groups -OCH3 is 1. The Kier molecular flexibility index (Phi) is 7.68. The van der Waals surface area contributed by atoms with Gasteiger partial charge in [-0.2, -0.15) is 11.8 Å². The largest absolute Gasteiger partial charge is 0.492 e. The summed E-state index contributed by atoms with van der Waals surface area (Å²) in [6.07, 6.45) is 0. The van der Waals surface area contributed by atoms with E-state index in [0.29, 0.717) is 23.8 Å². The Balaban J connectivity index is 2.42. The molecule has 0 heterocycles. The number of nitrogens with one attached hydrogen (secondary N) is 1. The fourth-order valence-corrected chi connectivity index (χ4v) is 2.50. The van der Waals surface area contributed by atoms with Crippen LogP contribution in [0.2, 0.25) is 0 Å². The summed E-state index contributed by atoms with van der Waals surface area (Å²) in [4.78, 5) is 23.1. The van der Waals surface area contributed by atoms with Gasteiger partial charge in [-0.1, -0.05) is 19.1 Å². The first-order valence-corrected chi connectivity index (χ1v) is 7.91. The smallest absolute Gasteiger partial charge is 0.309 e. The van der Waals surface area contributed by atoms with Gasteiger partial charge in [-0.05, 0) is 19.1 Å². The first-order valence-electron chi connectivity index (χ1n) is 6.75. The average molecular weight is 311 g/mol. The van der Waals surface area contributed by atoms with Crippen molar-refractivity contribution >= 4 is 29.3 Å². The van der Waals surface area contributed by atoms with E-state index >= 15 is 0 Å². The summed E-state index contributed by atoms with van der Waals surface area (Å²) in [7, 11) is 1.36. The Morgan fingerprint density at radius 1 is 1.33 bits per heavy atom. The van der Waals surface area contributed by atoms with Crippen LogP contribution in [0, 0.1) is 5.92 Å². The van der Waals surface area contributed by atoms with Crippen LogP contribution in [0.3, 0.4) is 0 Å². The molecule has 0 aromatic heterocycles. The summed E-state index contributed by atoms with van der Waals surface area (Å²) in [6, 6.07) is 7.30. The lowest BCUT2D eigenvalue weighted by atomic mass is 10.2. The van der Waals surface area contributed by atoms with Crippen LogP contribution in [0.25, 0.3) is 0 Å². The number of benzene rings is 1. The number of para-hydroxylation sites is 2. The van der Waals surface area contributed by atoms with E-state index in [9.17, 15) is 9.59 Å². The van der Waals surface area contributed by atoms with Crippen LogP contribution in [0.15, 0.2) is 24.3 Å². The van der Waals surface area contributed by atoms with Gasteiger partial charge in [0.05, 0.1) is 31.1 Å². The van der Waals surface area contributed by atoms with E-state index in [0.717, 1.165) is 0 Å². The van der Waals surface area contributed by atoms with Crippen molar-refractivity contribution in [3.05, 3.63) is 24.3 Å². The third-order valence-corrected chi connectivity index (χ3v) is 3.87. The summed E-state index contributed by atoms with van der Waals surface area (Å²) in [5.74, 6) is 0.883. The monoisotopic (exact) mass is 311 g/mol. The number of carbonyl (C=O) groups is 2. The van der Waals surface area contributed by atoms with Crippen molar-refractivity contribution in [3.63, 3.8) is 0 Å². The van der Waals surface area contributed by atoms with Crippen molar-refractivity contribution in [3.8, 4) is 5.75 Å². The van der Waals surface area contributed by atoms with Crippen LogP contribution in [0.1, 0.15) is 13.8 Å². The molecule has 21 heavy (non-hydrogen) atoms. The molecule has 0 bridgehead atoms. The SMILES string of the molecule is CCOc1ccccc1NC(=O)CSCC(C)C(=O)OC. The molecule has 1 aromatic carbocycles. The maximum atomic E-state index is 11.9. The Morgan fingerprint density at radius 3 is 2.71 bits per heavy atom. The van der Waals surface area contributed by atoms with Crippen LogP contribution in [-0.4, -0.2) is 37.1 Å². The van der Waals surface area contributed by atoms with Gasteiger partial charge in [0, 0.05) is 5.75 Å². The zero-order valence-corrected chi connectivity index (χ0v) is 13.4. The lowest BCUT2D eigenvalue weighted by molar-refractivity contribution is -0.144. The van der Waals surface area contributed by atoms with Gasteiger partial charge in [-0.3, -0.25) is 9.59 Å². The van der Waals surface area contributed by atoms with Crippen LogP contribution in [0.5, 0.6) is 5.75 Å². The fourth-order valence-electron chi connectivity index (χ4n) is 1.64. The fraction of sp³-hybridized carbons (Fsp3) is 0.467. The number of ether oxygens (including phenoxy) is 2. The topological polar surface area (TPSA) is 64.6 Å².